The Bertz CT molecular complexity index is 579. The molecule has 0 aliphatic heterocycles. The molecule has 102 valence electrons. The molecule has 0 unspecified atom stereocenters. The highest BCUT2D eigenvalue weighted by Crippen LogP contribution is 2.29. The van der Waals surface area contributed by atoms with Gasteiger partial charge in [-0.1, -0.05) is 18.7 Å². The number of carbonyl (C=O) groups is 1. The Morgan fingerprint density at radius 1 is 1.53 bits per heavy atom. The van der Waals surface area contributed by atoms with Crippen LogP contribution in [0.15, 0.2) is 10.7 Å². The van der Waals surface area contributed by atoms with Gasteiger partial charge in [-0.25, -0.2) is 4.98 Å². The first kappa shape index (κ1) is 14.0. The zero-order valence-corrected chi connectivity index (χ0v) is 12.3. The van der Waals surface area contributed by atoms with E-state index in [9.17, 15) is 4.79 Å². The van der Waals surface area contributed by atoms with Crippen molar-refractivity contribution in [1.29, 1.82) is 0 Å². The fourth-order valence-corrected chi connectivity index (χ4v) is 3.11. The van der Waals surface area contributed by atoms with E-state index >= 15 is 0 Å². The second-order valence-electron chi connectivity index (χ2n) is 3.91. The van der Waals surface area contributed by atoms with Crippen molar-refractivity contribution in [3.8, 4) is 10.7 Å². The van der Waals surface area contributed by atoms with Gasteiger partial charge in [-0.15, -0.1) is 21.5 Å². The zero-order valence-electron chi connectivity index (χ0n) is 10.7. The Morgan fingerprint density at radius 3 is 2.89 bits per heavy atom. The molecule has 0 radical (unpaired) electrons. The molecule has 19 heavy (non-hydrogen) atoms. The molecule has 0 atom stereocenters. The van der Waals surface area contributed by atoms with E-state index in [1.165, 1.54) is 23.1 Å². The molecule has 0 aromatic carbocycles. The number of thiazole rings is 1. The summed E-state index contributed by atoms with van der Waals surface area (Å²) in [5.41, 5.74) is 2.70. The summed E-state index contributed by atoms with van der Waals surface area (Å²) in [4.78, 5) is 15.8. The van der Waals surface area contributed by atoms with Crippen LogP contribution in [0.5, 0.6) is 0 Å². The summed E-state index contributed by atoms with van der Waals surface area (Å²) in [6, 6.07) is 0. The molecule has 2 heterocycles. The van der Waals surface area contributed by atoms with Crippen molar-refractivity contribution in [2.24, 2.45) is 0 Å². The topological polar surface area (TPSA) is 80.9 Å². The summed E-state index contributed by atoms with van der Waals surface area (Å²) >= 11 is 2.71. The summed E-state index contributed by atoms with van der Waals surface area (Å²) in [6.45, 7) is 4.76. The second kappa shape index (κ2) is 6.16. The number of aryl methyl sites for hydroxylation is 1. The van der Waals surface area contributed by atoms with Crippen LogP contribution in [0.2, 0.25) is 0 Å². The Hall–Kier alpha value is -1.41. The van der Waals surface area contributed by atoms with Crippen molar-refractivity contribution in [3.63, 3.8) is 0 Å². The number of hydrogen-bond donors (Lipinski definition) is 1. The highest BCUT2D eigenvalue weighted by Gasteiger charge is 2.17. The lowest BCUT2D eigenvalue weighted by atomic mass is 10.3. The summed E-state index contributed by atoms with van der Waals surface area (Å²) in [5.74, 6) is -0.0925. The lowest BCUT2D eigenvalue weighted by molar-refractivity contribution is -0.133. The van der Waals surface area contributed by atoms with Crippen LogP contribution in [0.4, 0.5) is 0 Å². The monoisotopic (exact) mass is 298 g/mol. The maximum atomic E-state index is 10.6. The van der Waals surface area contributed by atoms with Crippen molar-refractivity contribution < 1.29 is 9.90 Å². The van der Waals surface area contributed by atoms with Gasteiger partial charge in [-0.05, 0) is 13.3 Å². The molecule has 0 amide bonds. The first-order valence-corrected chi connectivity index (χ1v) is 7.68. The molecule has 0 bridgehead atoms. The molecule has 2 rings (SSSR count). The van der Waals surface area contributed by atoms with E-state index in [0.29, 0.717) is 5.16 Å². The average molecular weight is 298 g/mol. The van der Waals surface area contributed by atoms with Crippen LogP contribution in [0, 0.1) is 6.92 Å². The van der Waals surface area contributed by atoms with E-state index in [0.717, 1.165) is 29.4 Å². The quantitative estimate of drug-likeness (QED) is 0.824. The van der Waals surface area contributed by atoms with E-state index in [-0.39, 0.29) is 5.75 Å². The molecule has 6 nitrogen and oxygen atoms in total. The summed E-state index contributed by atoms with van der Waals surface area (Å²) < 4.78 is 1.97. The molecule has 0 aliphatic rings. The van der Waals surface area contributed by atoms with Crippen LogP contribution in [0.1, 0.15) is 19.0 Å². The first-order chi connectivity index (χ1) is 9.13. The van der Waals surface area contributed by atoms with Crippen LogP contribution in [0.25, 0.3) is 10.7 Å². The van der Waals surface area contributed by atoms with Crippen LogP contribution >= 0.6 is 23.1 Å². The number of thioether (sulfide) groups is 1. The fourth-order valence-electron chi connectivity index (χ4n) is 1.63. The maximum Gasteiger partial charge on any atom is 0.313 e. The van der Waals surface area contributed by atoms with Crippen LogP contribution in [-0.4, -0.2) is 36.6 Å². The van der Waals surface area contributed by atoms with E-state index in [4.69, 9.17) is 5.11 Å². The van der Waals surface area contributed by atoms with E-state index in [1.54, 1.807) is 5.51 Å². The molecule has 1 N–H and O–H groups in total. The minimum Gasteiger partial charge on any atom is -0.481 e. The molecule has 0 fully saturated rings. The number of nitrogens with zero attached hydrogens (tertiary/aromatic N) is 4. The third-order valence-electron chi connectivity index (χ3n) is 2.44. The van der Waals surface area contributed by atoms with Gasteiger partial charge in [0, 0.05) is 6.54 Å². The first-order valence-electron chi connectivity index (χ1n) is 5.81. The minimum atomic E-state index is -0.855. The molecule has 2 aromatic rings. The lowest BCUT2D eigenvalue weighted by Crippen LogP contribution is -2.04. The van der Waals surface area contributed by atoms with Gasteiger partial charge in [0.1, 0.15) is 0 Å². The van der Waals surface area contributed by atoms with Crippen molar-refractivity contribution in [2.45, 2.75) is 32.0 Å². The highest BCUT2D eigenvalue weighted by atomic mass is 32.2. The smallest absolute Gasteiger partial charge is 0.313 e. The molecule has 0 saturated carbocycles. The van der Waals surface area contributed by atoms with Gasteiger partial charge in [-0.3, -0.25) is 4.79 Å². The maximum absolute atomic E-state index is 10.6. The van der Waals surface area contributed by atoms with Gasteiger partial charge < -0.3 is 9.67 Å². The predicted octanol–water partition coefficient (Wildman–Crippen LogP) is 2.30. The molecule has 2 aromatic heterocycles. The molecule has 0 aliphatic carbocycles. The third kappa shape index (κ3) is 3.13. The van der Waals surface area contributed by atoms with Gasteiger partial charge in [0.2, 0.25) is 0 Å². The normalized spacial score (nSPS) is 10.8. The number of aromatic nitrogens is 4. The van der Waals surface area contributed by atoms with Crippen molar-refractivity contribution in [3.05, 3.63) is 11.2 Å². The van der Waals surface area contributed by atoms with E-state index in [2.05, 4.69) is 22.1 Å². The number of rotatable bonds is 6. The number of carboxylic acids is 1. The largest absolute Gasteiger partial charge is 0.481 e. The summed E-state index contributed by atoms with van der Waals surface area (Å²) in [7, 11) is 0. The predicted molar refractivity (Wildman–Crippen MR) is 74.5 cm³/mol. The highest BCUT2D eigenvalue weighted by molar-refractivity contribution is 7.99. The fraction of sp³-hybridized carbons (Fsp3) is 0.455. The van der Waals surface area contributed by atoms with Crippen molar-refractivity contribution >= 4 is 29.1 Å². The minimum absolute atomic E-state index is 0.0104. The Morgan fingerprint density at radius 2 is 2.32 bits per heavy atom. The molecule has 8 heteroatoms. The van der Waals surface area contributed by atoms with Crippen molar-refractivity contribution in [2.75, 3.05) is 5.75 Å². The van der Waals surface area contributed by atoms with Crippen LogP contribution in [0.3, 0.4) is 0 Å². The second-order valence-corrected chi connectivity index (χ2v) is 5.70. The molecular weight excluding hydrogens is 284 g/mol. The molecule has 0 spiro atoms. The Balaban J connectivity index is 2.34. The lowest BCUT2D eigenvalue weighted by Gasteiger charge is -2.07. The molecular formula is C11H14N4O2S2. The average Bonchev–Trinajstić information content (AvgIpc) is 2.94. The number of hydrogen-bond acceptors (Lipinski definition) is 6. The van der Waals surface area contributed by atoms with Gasteiger partial charge in [-0.2, -0.15) is 0 Å². The summed E-state index contributed by atoms with van der Waals surface area (Å²) in [5, 5.41) is 17.7. The van der Waals surface area contributed by atoms with Crippen LogP contribution < -0.4 is 0 Å². The van der Waals surface area contributed by atoms with Crippen molar-refractivity contribution in [1.82, 2.24) is 19.7 Å². The Labute approximate surface area is 118 Å². The third-order valence-corrected chi connectivity index (χ3v) is 4.31. The van der Waals surface area contributed by atoms with Crippen LogP contribution in [-0.2, 0) is 11.3 Å². The summed E-state index contributed by atoms with van der Waals surface area (Å²) in [6.07, 6.45) is 0.934. The SMILES string of the molecule is CCCn1c(SCC(=O)O)nnc1-c1scnc1C. The zero-order chi connectivity index (χ0) is 13.8. The van der Waals surface area contributed by atoms with Gasteiger partial charge in [0.25, 0.3) is 0 Å². The van der Waals surface area contributed by atoms with E-state index < -0.39 is 5.97 Å². The van der Waals surface area contributed by atoms with Gasteiger partial charge in [0.15, 0.2) is 11.0 Å². The van der Waals surface area contributed by atoms with Gasteiger partial charge in [0.05, 0.1) is 21.8 Å². The number of aliphatic carboxylic acids is 1. The standard InChI is InChI=1S/C11H14N4O2S2/c1-3-4-15-10(9-7(2)12-6-19-9)13-14-11(15)18-5-8(16)17/h6H,3-5H2,1-2H3,(H,16,17). The van der Waals surface area contributed by atoms with Gasteiger partial charge >= 0.3 is 5.97 Å². The van der Waals surface area contributed by atoms with E-state index in [1.807, 2.05) is 11.5 Å². The Kier molecular flexibility index (Phi) is 4.54. The molecule has 0 saturated heterocycles. The number of carboxylic acid groups (broad SMARTS) is 1.